The predicted octanol–water partition coefficient (Wildman–Crippen LogP) is 5.32. The van der Waals surface area contributed by atoms with Crippen molar-refractivity contribution in [1.82, 2.24) is 0 Å². The monoisotopic (exact) mass is 316 g/mol. The summed E-state index contributed by atoms with van der Waals surface area (Å²) in [4.78, 5) is 0. The fraction of sp³-hybridized carbons (Fsp3) is 1.00. The summed E-state index contributed by atoms with van der Waals surface area (Å²) in [7, 11) is 0. The molecule has 96 valence electrons. The van der Waals surface area contributed by atoms with Crippen LogP contribution in [0.15, 0.2) is 0 Å². The van der Waals surface area contributed by atoms with Crippen molar-refractivity contribution in [1.29, 1.82) is 0 Å². The molecule has 17 heavy (non-hydrogen) atoms. The van der Waals surface area contributed by atoms with E-state index < -0.39 is 5.84 Å². The summed E-state index contributed by atoms with van der Waals surface area (Å²) >= 11 is 3.88. The van der Waals surface area contributed by atoms with E-state index in [2.05, 4.69) is 15.5 Å². The van der Waals surface area contributed by atoms with Crippen LogP contribution in [0.25, 0.3) is 0 Å². The van der Waals surface area contributed by atoms with Crippen molar-refractivity contribution in [2.45, 2.75) is 74.5 Å². The molecule has 0 spiro atoms. The van der Waals surface area contributed by atoms with Crippen molar-refractivity contribution >= 4 is 21.3 Å². The van der Waals surface area contributed by atoms with Crippen LogP contribution in [0, 0.1) is 11.8 Å². The Morgan fingerprint density at radius 1 is 0.824 bits per heavy atom. The van der Waals surface area contributed by atoms with Gasteiger partial charge in [-0.25, -0.2) is 0 Å². The van der Waals surface area contributed by atoms with Gasteiger partial charge in [0.15, 0.2) is 5.84 Å². The maximum absolute atomic E-state index is 13.7. The highest BCUT2D eigenvalue weighted by atomic mass is 79.9. The molecule has 0 aliphatic heterocycles. The minimum absolute atomic E-state index is 0.233. The highest BCUT2D eigenvalue weighted by Gasteiger charge is 2.65. The number of halogens is 1. The van der Waals surface area contributed by atoms with Crippen molar-refractivity contribution in [3.05, 3.63) is 0 Å². The Labute approximate surface area is 112 Å². The van der Waals surface area contributed by atoms with E-state index in [1.807, 2.05) is 0 Å². The summed E-state index contributed by atoms with van der Waals surface area (Å²) < 4.78 is 13.7. The molecular formula is C14H22BrOP. The normalized spacial score (nSPS) is 55.4. The van der Waals surface area contributed by atoms with Crippen LogP contribution in [-0.2, 0) is 4.57 Å². The lowest BCUT2D eigenvalue weighted by Gasteiger charge is -2.43. The van der Waals surface area contributed by atoms with Gasteiger partial charge in [0.1, 0.15) is 0 Å². The quantitative estimate of drug-likeness (QED) is 0.630. The van der Waals surface area contributed by atoms with Crippen molar-refractivity contribution in [2.75, 3.05) is 0 Å². The van der Waals surface area contributed by atoms with Gasteiger partial charge in [-0.05, 0) is 91.5 Å². The number of hydrogen-bond acceptors (Lipinski definition) is 1. The summed E-state index contributed by atoms with van der Waals surface area (Å²) in [5.74, 6) is -0.328. The summed E-state index contributed by atoms with van der Waals surface area (Å²) in [6, 6.07) is 0. The average molecular weight is 317 g/mol. The zero-order chi connectivity index (χ0) is 11.7. The summed E-state index contributed by atoms with van der Waals surface area (Å²) in [6.45, 7) is 0. The molecule has 0 amide bonds. The lowest BCUT2D eigenvalue weighted by molar-refractivity contribution is 0.443. The standard InChI is InChI=1S/C14H22BrOP/c15-17(16,13-5-1-11(9-13)2-6-13)14-7-3-12(10-14)4-8-14/h11-12H,1-10H2. The third-order valence-electron chi connectivity index (χ3n) is 6.63. The Bertz CT molecular complexity index is 355. The van der Waals surface area contributed by atoms with E-state index in [-0.39, 0.29) is 10.3 Å². The smallest absolute Gasteiger partial charge is 0.159 e. The molecule has 4 saturated carbocycles. The number of rotatable bonds is 2. The first-order chi connectivity index (χ1) is 8.07. The molecular weight excluding hydrogens is 295 g/mol. The van der Waals surface area contributed by atoms with Gasteiger partial charge in [-0.2, -0.15) is 0 Å². The van der Waals surface area contributed by atoms with E-state index in [1.165, 1.54) is 64.2 Å². The molecule has 0 unspecified atom stereocenters. The Balaban J connectivity index is 1.74. The van der Waals surface area contributed by atoms with Gasteiger partial charge in [-0.15, -0.1) is 0 Å². The molecule has 0 saturated heterocycles. The molecule has 0 heterocycles. The SMILES string of the molecule is O=P(Br)(C12CCC(CC1)C2)C12CCC(CC1)C2. The first-order valence-electron chi connectivity index (χ1n) is 7.37. The second kappa shape index (κ2) is 3.42. The highest BCUT2D eigenvalue weighted by Crippen LogP contribution is 2.85. The van der Waals surface area contributed by atoms with E-state index in [4.69, 9.17) is 0 Å². The third-order valence-corrected chi connectivity index (χ3v) is 14.8. The van der Waals surface area contributed by atoms with Crippen LogP contribution in [-0.4, -0.2) is 10.3 Å². The third kappa shape index (κ3) is 1.30. The molecule has 0 aromatic rings. The molecule has 0 radical (unpaired) electrons. The summed E-state index contributed by atoms with van der Waals surface area (Å²) in [5, 5.41) is 0.466. The van der Waals surface area contributed by atoms with Gasteiger partial charge < -0.3 is 4.57 Å². The van der Waals surface area contributed by atoms with Crippen LogP contribution < -0.4 is 0 Å². The van der Waals surface area contributed by atoms with Gasteiger partial charge in [-0.3, -0.25) is 0 Å². The molecule has 4 aliphatic rings. The van der Waals surface area contributed by atoms with E-state index in [1.54, 1.807) is 0 Å². The highest BCUT2D eigenvalue weighted by molar-refractivity contribution is 9.40. The Morgan fingerprint density at radius 2 is 1.18 bits per heavy atom. The van der Waals surface area contributed by atoms with E-state index in [0.29, 0.717) is 0 Å². The van der Waals surface area contributed by atoms with Gasteiger partial charge in [0.05, 0.1) is 0 Å². The van der Waals surface area contributed by atoms with Crippen LogP contribution in [0.3, 0.4) is 0 Å². The van der Waals surface area contributed by atoms with Crippen LogP contribution in [0.2, 0.25) is 0 Å². The van der Waals surface area contributed by atoms with E-state index >= 15 is 0 Å². The molecule has 0 aromatic heterocycles. The van der Waals surface area contributed by atoms with Crippen LogP contribution in [0.1, 0.15) is 64.2 Å². The molecule has 1 nitrogen and oxygen atoms in total. The predicted molar refractivity (Wildman–Crippen MR) is 75.1 cm³/mol. The van der Waals surface area contributed by atoms with Gasteiger partial charge in [-0.1, -0.05) is 0 Å². The molecule has 0 aromatic carbocycles. The lowest BCUT2D eigenvalue weighted by atomic mass is 9.99. The average Bonchev–Trinajstić information content (AvgIpc) is 3.09. The molecule has 4 bridgehead atoms. The summed E-state index contributed by atoms with van der Waals surface area (Å²) in [6.07, 6.45) is 13.0. The van der Waals surface area contributed by atoms with Crippen LogP contribution in [0.4, 0.5) is 0 Å². The maximum Gasteiger partial charge on any atom is 0.159 e. The van der Waals surface area contributed by atoms with Crippen LogP contribution in [0.5, 0.6) is 0 Å². The zero-order valence-electron chi connectivity index (χ0n) is 10.5. The summed E-state index contributed by atoms with van der Waals surface area (Å²) in [5.41, 5.74) is 0. The van der Waals surface area contributed by atoms with Gasteiger partial charge in [0.25, 0.3) is 0 Å². The fourth-order valence-corrected chi connectivity index (χ4v) is 12.3. The van der Waals surface area contributed by atoms with Crippen molar-refractivity contribution in [3.63, 3.8) is 0 Å². The molecule has 4 aliphatic carbocycles. The second-order valence-corrected chi connectivity index (χ2v) is 13.2. The first kappa shape index (κ1) is 11.5. The molecule has 4 rings (SSSR count). The van der Waals surface area contributed by atoms with E-state index in [0.717, 1.165) is 11.8 Å². The lowest BCUT2D eigenvalue weighted by Crippen LogP contribution is -2.33. The molecule has 0 N–H and O–H groups in total. The van der Waals surface area contributed by atoms with Crippen molar-refractivity contribution in [2.24, 2.45) is 11.8 Å². The van der Waals surface area contributed by atoms with Gasteiger partial charge >= 0.3 is 0 Å². The molecule has 3 heteroatoms. The Kier molecular flexibility index (Phi) is 2.32. The maximum atomic E-state index is 13.7. The van der Waals surface area contributed by atoms with Crippen LogP contribution >= 0.6 is 21.3 Å². The van der Waals surface area contributed by atoms with Gasteiger partial charge in [0.2, 0.25) is 0 Å². The largest absolute Gasteiger partial charge is 0.310 e. The topological polar surface area (TPSA) is 17.1 Å². The van der Waals surface area contributed by atoms with Gasteiger partial charge in [0, 0.05) is 10.3 Å². The second-order valence-electron chi connectivity index (χ2n) is 7.28. The number of fused-ring (bicyclic) bond motifs is 4. The zero-order valence-corrected chi connectivity index (χ0v) is 12.9. The van der Waals surface area contributed by atoms with Crippen molar-refractivity contribution in [3.8, 4) is 0 Å². The molecule has 0 atom stereocenters. The Morgan fingerprint density at radius 3 is 1.41 bits per heavy atom. The minimum Gasteiger partial charge on any atom is -0.310 e. The minimum atomic E-state index is -2.15. The Hall–Kier alpha value is 0.710. The fourth-order valence-electron chi connectivity index (χ4n) is 5.63. The number of hydrogen-bond donors (Lipinski definition) is 0. The first-order valence-corrected chi connectivity index (χ1v) is 11.1. The van der Waals surface area contributed by atoms with Crippen molar-refractivity contribution < 1.29 is 4.57 Å². The molecule has 4 fully saturated rings. The van der Waals surface area contributed by atoms with E-state index in [9.17, 15) is 4.57 Å².